The van der Waals surface area contributed by atoms with E-state index in [1.165, 1.54) is 16.7 Å². The standard InChI is InChI=1S/C15H19N3/c1-10-7-11(2)9-13(8-10)15(16-4)14-5-6-17-12(3)18-14/h5-9,15-16H,1-4H3. The summed E-state index contributed by atoms with van der Waals surface area (Å²) in [6.45, 7) is 6.15. The van der Waals surface area contributed by atoms with Gasteiger partial charge in [-0.15, -0.1) is 0 Å². The molecule has 94 valence electrons. The third kappa shape index (κ3) is 2.74. The van der Waals surface area contributed by atoms with Gasteiger partial charge in [0.1, 0.15) is 5.82 Å². The predicted octanol–water partition coefficient (Wildman–Crippen LogP) is 2.71. The Morgan fingerprint density at radius 1 is 1.06 bits per heavy atom. The number of aryl methyl sites for hydroxylation is 3. The molecule has 0 aliphatic heterocycles. The lowest BCUT2D eigenvalue weighted by Crippen LogP contribution is -2.19. The minimum atomic E-state index is 0.116. The molecule has 0 saturated carbocycles. The molecule has 1 aromatic carbocycles. The van der Waals surface area contributed by atoms with Crippen molar-refractivity contribution in [3.05, 3.63) is 58.7 Å². The summed E-state index contributed by atoms with van der Waals surface area (Å²) in [5.74, 6) is 0.803. The van der Waals surface area contributed by atoms with Crippen molar-refractivity contribution in [2.45, 2.75) is 26.8 Å². The van der Waals surface area contributed by atoms with Crippen LogP contribution in [0.2, 0.25) is 0 Å². The lowest BCUT2D eigenvalue weighted by atomic mass is 9.99. The Morgan fingerprint density at radius 2 is 1.72 bits per heavy atom. The van der Waals surface area contributed by atoms with Gasteiger partial charge in [0, 0.05) is 6.20 Å². The fourth-order valence-corrected chi connectivity index (χ4v) is 2.30. The molecule has 3 nitrogen and oxygen atoms in total. The van der Waals surface area contributed by atoms with Gasteiger partial charge in [0.05, 0.1) is 11.7 Å². The van der Waals surface area contributed by atoms with Gasteiger partial charge in [0.15, 0.2) is 0 Å². The van der Waals surface area contributed by atoms with Gasteiger partial charge in [-0.05, 0) is 39.4 Å². The van der Waals surface area contributed by atoms with Gasteiger partial charge < -0.3 is 5.32 Å². The van der Waals surface area contributed by atoms with Crippen LogP contribution in [0.3, 0.4) is 0 Å². The zero-order valence-corrected chi connectivity index (χ0v) is 11.4. The number of aromatic nitrogens is 2. The topological polar surface area (TPSA) is 37.8 Å². The number of hydrogen-bond donors (Lipinski definition) is 1. The molecule has 0 aliphatic rings. The van der Waals surface area contributed by atoms with Crippen LogP contribution in [-0.2, 0) is 0 Å². The zero-order chi connectivity index (χ0) is 13.1. The van der Waals surface area contributed by atoms with Crippen molar-refractivity contribution in [1.82, 2.24) is 15.3 Å². The van der Waals surface area contributed by atoms with Crippen LogP contribution in [0.1, 0.15) is 34.3 Å². The first-order valence-corrected chi connectivity index (χ1v) is 6.15. The van der Waals surface area contributed by atoms with Crippen LogP contribution in [-0.4, -0.2) is 17.0 Å². The van der Waals surface area contributed by atoms with E-state index in [9.17, 15) is 0 Å². The third-order valence-corrected chi connectivity index (χ3v) is 2.96. The molecule has 18 heavy (non-hydrogen) atoms. The summed E-state index contributed by atoms with van der Waals surface area (Å²) in [5, 5.41) is 3.33. The molecule has 2 aromatic rings. The highest BCUT2D eigenvalue weighted by molar-refractivity contribution is 5.34. The molecule has 1 aromatic heterocycles. The van der Waals surface area contributed by atoms with Crippen molar-refractivity contribution < 1.29 is 0 Å². The van der Waals surface area contributed by atoms with Gasteiger partial charge in [-0.3, -0.25) is 0 Å². The second-order valence-electron chi connectivity index (χ2n) is 4.67. The van der Waals surface area contributed by atoms with Crippen molar-refractivity contribution in [3.63, 3.8) is 0 Å². The lowest BCUT2D eigenvalue weighted by molar-refractivity contribution is 0.663. The second kappa shape index (κ2) is 5.27. The average Bonchev–Trinajstić information content (AvgIpc) is 2.28. The second-order valence-corrected chi connectivity index (χ2v) is 4.67. The van der Waals surface area contributed by atoms with Crippen LogP contribution in [0.25, 0.3) is 0 Å². The molecule has 1 N–H and O–H groups in total. The maximum atomic E-state index is 4.51. The third-order valence-electron chi connectivity index (χ3n) is 2.96. The normalized spacial score (nSPS) is 12.4. The van der Waals surface area contributed by atoms with Crippen LogP contribution in [0.5, 0.6) is 0 Å². The summed E-state index contributed by atoms with van der Waals surface area (Å²) in [4.78, 5) is 8.65. The molecule has 0 fully saturated rings. The summed E-state index contributed by atoms with van der Waals surface area (Å²) in [6.07, 6.45) is 1.81. The Bertz CT molecular complexity index is 529. The molecule has 1 heterocycles. The molecule has 2 rings (SSSR count). The average molecular weight is 241 g/mol. The Kier molecular flexibility index (Phi) is 3.72. The van der Waals surface area contributed by atoms with Gasteiger partial charge in [0.25, 0.3) is 0 Å². The summed E-state index contributed by atoms with van der Waals surface area (Å²) in [5.41, 5.74) is 4.80. The first-order chi connectivity index (χ1) is 8.60. The first kappa shape index (κ1) is 12.7. The molecule has 0 bridgehead atoms. The summed E-state index contributed by atoms with van der Waals surface area (Å²) in [6, 6.07) is 8.66. The van der Waals surface area contributed by atoms with Crippen LogP contribution >= 0.6 is 0 Å². The van der Waals surface area contributed by atoms with E-state index in [2.05, 4.69) is 47.3 Å². The maximum Gasteiger partial charge on any atom is 0.125 e. The molecule has 0 aliphatic carbocycles. The monoisotopic (exact) mass is 241 g/mol. The van der Waals surface area contributed by atoms with E-state index in [-0.39, 0.29) is 6.04 Å². The van der Waals surface area contributed by atoms with Crippen molar-refractivity contribution in [3.8, 4) is 0 Å². The van der Waals surface area contributed by atoms with E-state index >= 15 is 0 Å². The van der Waals surface area contributed by atoms with E-state index in [1.807, 2.05) is 26.2 Å². The molecule has 0 spiro atoms. The van der Waals surface area contributed by atoms with Gasteiger partial charge in [0.2, 0.25) is 0 Å². The highest BCUT2D eigenvalue weighted by Crippen LogP contribution is 2.22. The number of hydrogen-bond acceptors (Lipinski definition) is 3. The Hall–Kier alpha value is -1.74. The highest BCUT2D eigenvalue weighted by atomic mass is 14.9. The molecule has 3 heteroatoms. The Labute approximate surface area is 108 Å². The van der Waals surface area contributed by atoms with E-state index in [4.69, 9.17) is 0 Å². The fraction of sp³-hybridized carbons (Fsp3) is 0.333. The molecule has 1 atom stereocenters. The summed E-state index contributed by atoms with van der Waals surface area (Å²) < 4.78 is 0. The predicted molar refractivity (Wildman–Crippen MR) is 73.6 cm³/mol. The van der Waals surface area contributed by atoms with Gasteiger partial charge in [-0.25, -0.2) is 9.97 Å². The van der Waals surface area contributed by atoms with Crippen LogP contribution in [0, 0.1) is 20.8 Å². The summed E-state index contributed by atoms with van der Waals surface area (Å²) >= 11 is 0. The van der Waals surface area contributed by atoms with Gasteiger partial charge in [-0.1, -0.05) is 29.3 Å². The lowest BCUT2D eigenvalue weighted by Gasteiger charge is -2.17. The number of nitrogens with zero attached hydrogens (tertiary/aromatic N) is 2. The minimum absolute atomic E-state index is 0.116. The number of rotatable bonds is 3. The fourth-order valence-electron chi connectivity index (χ4n) is 2.30. The van der Waals surface area contributed by atoms with Gasteiger partial charge >= 0.3 is 0 Å². The van der Waals surface area contributed by atoms with Crippen LogP contribution < -0.4 is 5.32 Å². The molecular formula is C15H19N3. The maximum absolute atomic E-state index is 4.51. The number of nitrogens with one attached hydrogen (secondary N) is 1. The molecular weight excluding hydrogens is 222 g/mol. The van der Waals surface area contributed by atoms with Crippen molar-refractivity contribution in [2.75, 3.05) is 7.05 Å². The van der Waals surface area contributed by atoms with Crippen molar-refractivity contribution in [2.24, 2.45) is 0 Å². The van der Waals surface area contributed by atoms with Gasteiger partial charge in [-0.2, -0.15) is 0 Å². The van der Waals surface area contributed by atoms with Crippen LogP contribution in [0.4, 0.5) is 0 Å². The first-order valence-electron chi connectivity index (χ1n) is 6.15. The smallest absolute Gasteiger partial charge is 0.125 e. The molecule has 0 radical (unpaired) electrons. The zero-order valence-electron chi connectivity index (χ0n) is 11.4. The van der Waals surface area contributed by atoms with Crippen LogP contribution in [0.15, 0.2) is 30.5 Å². The van der Waals surface area contributed by atoms with E-state index in [0.717, 1.165) is 11.5 Å². The van der Waals surface area contributed by atoms with Crippen molar-refractivity contribution >= 4 is 0 Å². The van der Waals surface area contributed by atoms with E-state index in [0.29, 0.717) is 0 Å². The quantitative estimate of drug-likeness (QED) is 0.897. The molecule has 1 unspecified atom stereocenters. The summed E-state index contributed by atoms with van der Waals surface area (Å²) in [7, 11) is 1.96. The Morgan fingerprint density at radius 3 is 2.28 bits per heavy atom. The molecule has 0 amide bonds. The Balaban J connectivity index is 2.45. The highest BCUT2D eigenvalue weighted by Gasteiger charge is 2.14. The largest absolute Gasteiger partial charge is 0.308 e. The number of benzene rings is 1. The van der Waals surface area contributed by atoms with E-state index < -0.39 is 0 Å². The minimum Gasteiger partial charge on any atom is -0.308 e. The SMILES string of the molecule is CNC(c1cc(C)cc(C)c1)c1ccnc(C)n1. The van der Waals surface area contributed by atoms with E-state index in [1.54, 1.807) is 0 Å². The van der Waals surface area contributed by atoms with Crippen molar-refractivity contribution in [1.29, 1.82) is 0 Å². The molecule has 0 saturated heterocycles.